The molecule has 0 aliphatic rings. The average molecular weight is 380 g/mol. The molecule has 0 amide bonds. The first-order valence-corrected chi connectivity index (χ1v) is 9.03. The predicted octanol–water partition coefficient (Wildman–Crippen LogP) is 3.70. The molecule has 0 aliphatic carbocycles. The van der Waals surface area contributed by atoms with E-state index >= 15 is 0 Å². The number of hydrogen-bond donors (Lipinski definition) is 0. The van der Waals surface area contributed by atoms with Gasteiger partial charge in [0, 0.05) is 5.56 Å². The lowest BCUT2D eigenvalue weighted by Gasteiger charge is -2.02. The first kappa shape index (κ1) is 18.5. The van der Waals surface area contributed by atoms with Gasteiger partial charge in [-0.05, 0) is 36.4 Å². The smallest absolute Gasteiger partial charge is 0.339 e. The van der Waals surface area contributed by atoms with Crippen molar-refractivity contribution in [3.05, 3.63) is 60.2 Å². The molecule has 0 unspecified atom stereocenters. The lowest BCUT2D eigenvalue weighted by molar-refractivity contribution is 0.0556. The summed E-state index contributed by atoms with van der Waals surface area (Å²) in [5.41, 5.74) is 1.32. The number of esters is 1. The van der Waals surface area contributed by atoms with E-state index in [4.69, 9.17) is 13.9 Å². The van der Waals surface area contributed by atoms with Crippen molar-refractivity contribution >= 4 is 17.7 Å². The summed E-state index contributed by atoms with van der Waals surface area (Å²) in [7, 11) is 1.57. The third-order valence-electron chi connectivity index (χ3n) is 3.42. The lowest BCUT2D eigenvalue weighted by atomic mass is 10.2. The van der Waals surface area contributed by atoms with Crippen LogP contribution < -0.4 is 4.74 Å². The van der Waals surface area contributed by atoms with Gasteiger partial charge in [0.25, 0.3) is 5.22 Å². The van der Waals surface area contributed by atoms with Crippen LogP contribution in [0.15, 0.2) is 64.2 Å². The largest absolute Gasteiger partial charge is 0.497 e. The van der Waals surface area contributed by atoms with E-state index in [0.717, 1.165) is 5.56 Å². The standard InChI is InChI=1S/C20H16N2O4S/c1-24-17-11-9-16(10-12-17)19(23)25-13-5-6-14-27-20-22-21-18(26-20)15-7-3-2-4-8-15/h2-4,7-12H,13-14H2,1H3. The van der Waals surface area contributed by atoms with Gasteiger partial charge >= 0.3 is 5.97 Å². The molecule has 3 aromatic rings. The minimum absolute atomic E-state index is 0.0184. The summed E-state index contributed by atoms with van der Waals surface area (Å²) in [6.45, 7) is 0.0184. The monoisotopic (exact) mass is 380 g/mol. The summed E-state index contributed by atoms with van der Waals surface area (Å²) in [5.74, 6) is 6.87. The number of methoxy groups -OCH3 is 1. The molecular formula is C20H16N2O4S. The normalized spacial score (nSPS) is 9.96. The Morgan fingerprint density at radius 3 is 2.59 bits per heavy atom. The summed E-state index contributed by atoms with van der Waals surface area (Å²) in [4.78, 5) is 11.9. The Balaban J connectivity index is 1.42. The van der Waals surface area contributed by atoms with Gasteiger partial charge < -0.3 is 13.9 Å². The zero-order chi connectivity index (χ0) is 18.9. The predicted molar refractivity (Wildman–Crippen MR) is 102 cm³/mol. The molecule has 0 radical (unpaired) electrons. The van der Waals surface area contributed by atoms with Crippen LogP contribution in [0.1, 0.15) is 10.4 Å². The Morgan fingerprint density at radius 1 is 1.07 bits per heavy atom. The quantitative estimate of drug-likeness (QED) is 0.367. The summed E-state index contributed by atoms with van der Waals surface area (Å²) >= 11 is 1.33. The van der Waals surface area contributed by atoms with E-state index in [1.807, 2.05) is 30.3 Å². The third kappa shape index (κ3) is 5.36. The fraction of sp³-hybridized carbons (Fsp3) is 0.150. The van der Waals surface area contributed by atoms with Crippen LogP contribution in [0, 0.1) is 11.8 Å². The van der Waals surface area contributed by atoms with Gasteiger partial charge in [0.15, 0.2) is 6.61 Å². The van der Waals surface area contributed by atoms with Crippen molar-refractivity contribution in [2.75, 3.05) is 19.5 Å². The number of rotatable bonds is 6. The topological polar surface area (TPSA) is 74.5 Å². The van der Waals surface area contributed by atoms with Gasteiger partial charge in [-0.1, -0.05) is 41.8 Å². The highest BCUT2D eigenvalue weighted by atomic mass is 32.2. The Kier molecular flexibility index (Phi) is 6.50. The average Bonchev–Trinajstić information content (AvgIpc) is 3.20. The van der Waals surface area contributed by atoms with Gasteiger partial charge in [0.2, 0.25) is 5.89 Å². The second-order valence-corrected chi connectivity index (χ2v) is 6.11. The van der Waals surface area contributed by atoms with Gasteiger partial charge in [-0.2, -0.15) is 0 Å². The van der Waals surface area contributed by atoms with Crippen LogP contribution in [0.3, 0.4) is 0 Å². The van der Waals surface area contributed by atoms with E-state index in [1.165, 1.54) is 11.8 Å². The molecule has 1 aromatic heterocycles. The van der Waals surface area contributed by atoms with Crippen LogP contribution in [0.25, 0.3) is 11.5 Å². The number of carbonyl (C=O) groups is 1. The molecule has 7 heteroatoms. The molecule has 27 heavy (non-hydrogen) atoms. The Labute approximate surface area is 160 Å². The SMILES string of the molecule is COc1ccc(C(=O)OCC#CCSc2nnc(-c3ccccc3)o2)cc1. The summed E-state index contributed by atoms with van der Waals surface area (Å²) in [5, 5.41) is 8.42. The van der Waals surface area contributed by atoms with Gasteiger partial charge in [0.1, 0.15) is 5.75 Å². The van der Waals surface area contributed by atoms with Crippen molar-refractivity contribution in [3.63, 3.8) is 0 Å². The van der Waals surface area contributed by atoms with E-state index < -0.39 is 5.97 Å². The van der Waals surface area contributed by atoms with Crippen molar-refractivity contribution in [1.82, 2.24) is 10.2 Å². The van der Waals surface area contributed by atoms with E-state index in [9.17, 15) is 4.79 Å². The van der Waals surface area contributed by atoms with Crippen LogP contribution in [0.2, 0.25) is 0 Å². The molecule has 0 aliphatic heterocycles. The molecule has 6 nitrogen and oxygen atoms in total. The maximum atomic E-state index is 11.9. The number of hydrogen-bond acceptors (Lipinski definition) is 7. The minimum Gasteiger partial charge on any atom is -0.497 e. The van der Waals surface area contributed by atoms with Crippen molar-refractivity contribution in [3.8, 4) is 29.0 Å². The lowest BCUT2D eigenvalue weighted by Crippen LogP contribution is -2.05. The van der Waals surface area contributed by atoms with Crippen molar-refractivity contribution in [1.29, 1.82) is 0 Å². The summed E-state index contributed by atoms with van der Waals surface area (Å²) in [6.07, 6.45) is 0. The zero-order valence-electron chi connectivity index (χ0n) is 14.5. The maximum absolute atomic E-state index is 11.9. The Morgan fingerprint density at radius 2 is 1.85 bits per heavy atom. The fourth-order valence-electron chi connectivity index (χ4n) is 2.08. The van der Waals surface area contributed by atoms with Gasteiger partial charge in [0.05, 0.1) is 18.4 Å². The first-order chi connectivity index (χ1) is 13.3. The number of nitrogens with zero attached hydrogens (tertiary/aromatic N) is 2. The zero-order valence-corrected chi connectivity index (χ0v) is 15.4. The number of thioether (sulfide) groups is 1. The van der Waals surface area contributed by atoms with Crippen LogP contribution in [0.4, 0.5) is 0 Å². The summed E-state index contributed by atoms with van der Waals surface area (Å²) < 4.78 is 15.7. The molecular weight excluding hydrogens is 364 g/mol. The van der Waals surface area contributed by atoms with Crippen LogP contribution in [-0.2, 0) is 4.74 Å². The van der Waals surface area contributed by atoms with E-state index in [1.54, 1.807) is 31.4 Å². The van der Waals surface area contributed by atoms with Crippen LogP contribution >= 0.6 is 11.8 Å². The Bertz CT molecular complexity index is 943. The van der Waals surface area contributed by atoms with Crippen molar-refractivity contribution in [2.24, 2.45) is 0 Å². The van der Waals surface area contributed by atoms with E-state index in [-0.39, 0.29) is 6.61 Å². The number of carbonyl (C=O) groups excluding carboxylic acids is 1. The molecule has 1 heterocycles. The van der Waals surface area contributed by atoms with E-state index in [2.05, 4.69) is 22.0 Å². The third-order valence-corrected chi connectivity index (χ3v) is 4.12. The molecule has 3 rings (SSSR count). The molecule has 0 saturated heterocycles. The molecule has 2 aromatic carbocycles. The number of aromatic nitrogens is 2. The molecule has 0 saturated carbocycles. The van der Waals surface area contributed by atoms with E-state index in [0.29, 0.717) is 28.2 Å². The number of benzene rings is 2. The van der Waals surface area contributed by atoms with Crippen molar-refractivity contribution in [2.45, 2.75) is 5.22 Å². The molecule has 0 fully saturated rings. The van der Waals surface area contributed by atoms with Crippen LogP contribution in [0.5, 0.6) is 5.75 Å². The highest BCUT2D eigenvalue weighted by molar-refractivity contribution is 7.99. The van der Waals surface area contributed by atoms with Gasteiger partial charge in [-0.25, -0.2) is 4.79 Å². The second-order valence-electron chi connectivity index (χ2n) is 5.19. The van der Waals surface area contributed by atoms with Crippen LogP contribution in [-0.4, -0.2) is 35.6 Å². The van der Waals surface area contributed by atoms with Crippen molar-refractivity contribution < 1.29 is 18.7 Å². The number of ether oxygens (including phenoxy) is 2. The molecule has 0 spiro atoms. The fourth-order valence-corrected chi connectivity index (χ4v) is 2.61. The second kappa shape index (κ2) is 9.46. The van der Waals surface area contributed by atoms with Gasteiger partial charge in [-0.15, -0.1) is 10.2 Å². The molecule has 0 bridgehead atoms. The highest BCUT2D eigenvalue weighted by Gasteiger charge is 2.08. The molecule has 0 N–H and O–H groups in total. The Hall–Kier alpha value is -3.24. The molecule has 0 atom stereocenters. The van der Waals surface area contributed by atoms with Gasteiger partial charge in [-0.3, -0.25) is 0 Å². The summed E-state index contributed by atoms with van der Waals surface area (Å²) in [6, 6.07) is 16.2. The minimum atomic E-state index is -0.427. The highest BCUT2D eigenvalue weighted by Crippen LogP contribution is 2.22. The molecule has 136 valence electrons. The first-order valence-electron chi connectivity index (χ1n) is 8.05. The maximum Gasteiger partial charge on any atom is 0.339 e.